The van der Waals surface area contributed by atoms with Crippen molar-refractivity contribution in [2.75, 3.05) is 20.7 Å². The van der Waals surface area contributed by atoms with Crippen molar-refractivity contribution in [3.63, 3.8) is 0 Å². The average Bonchev–Trinajstić information content (AvgIpc) is 2.92. The Balaban J connectivity index is 1.97. The average molecular weight is 354 g/mol. The third kappa shape index (κ3) is 4.15. The van der Waals surface area contributed by atoms with Crippen LogP contribution in [0.4, 0.5) is 0 Å². The quantitative estimate of drug-likeness (QED) is 0.743. The van der Waals surface area contributed by atoms with Gasteiger partial charge in [-0.1, -0.05) is 0 Å². The molecule has 0 saturated carbocycles. The van der Waals surface area contributed by atoms with Crippen LogP contribution in [0.5, 0.6) is 0 Å². The zero-order valence-corrected chi connectivity index (χ0v) is 14.8. The molecule has 0 saturated heterocycles. The Labute approximate surface area is 139 Å². The van der Waals surface area contributed by atoms with E-state index in [1.54, 1.807) is 5.51 Å². The maximum atomic E-state index is 12.0. The molecule has 0 amide bonds. The van der Waals surface area contributed by atoms with Crippen molar-refractivity contribution in [3.05, 3.63) is 45.9 Å². The molecule has 0 fully saturated rings. The predicted molar refractivity (Wildman–Crippen MR) is 88.2 cm³/mol. The van der Waals surface area contributed by atoms with Crippen molar-refractivity contribution in [3.8, 4) is 0 Å². The minimum absolute atomic E-state index is 0.138. The van der Waals surface area contributed by atoms with E-state index in [2.05, 4.69) is 4.98 Å². The number of esters is 1. The number of thiazole rings is 1. The van der Waals surface area contributed by atoms with E-state index < -0.39 is 16.0 Å². The molecular weight excluding hydrogens is 336 g/mol. The number of aromatic nitrogens is 1. The zero-order chi connectivity index (χ0) is 17.0. The van der Waals surface area contributed by atoms with Crippen LogP contribution in [0, 0.1) is 6.92 Å². The summed E-state index contributed by atoms with van der Waals surface area (Å²) in [5.41, 5.74) is 3.03. The molecule has 0 spiro atoms. The number of hydrogen-bond acceptors (Lipinski definition) is 6. The number of carbonyl (C=O) groups is 1. The van der Waals surface area contributed by atoms with E-state index in [0.717, 1.165) is 14.9 Å². The number of aryl methyl sites for hydroxylation is 1. The molecule has 0 aliphatic rings. The molecule has 1 aromatic carbocycles. The van der Waals surface area contributed by atoms with Gasteiger partial charge in [-0.05, 0) is 31.2 Å². The first-order valence-corrected chi connectivity index (χ1v) is 9.23. The number of rotatable bonds is 6. The fourth-order valence-corrected chi connectivity index (χ4v) is 3.52. The molecule has 0 aliphatic heterocycles. The van der Waals surface area contributed by atoms with Crippen LogP contribution in [0.1, 0.15) is 20.9 Å². The normalized spacial score (nSPS) is 11.7. The van der Waals surface area contributed by atoms with Gasteiger partial charge in [-0.15, -0.1) is 11.3 Å². The summed E-state index contributed by atoms with van der Waals surface area (Å²) in [5.74, 6) is -0.471. The van der Waals surface area contributed by atoms with Gasteiger partial charge in [-0.2, -0.15) is 0 Å². The highest BCUT2D eigenvalue weighted by molar-refractivity contribution is 7.89. The number of hydrogen-bond donors (Lipinski definition) is 0. The first kappa shape index (κ1) is 17.6. The molecule has 2 aromatic rings. The molecule has 0 bridgehead atoms. The molecule has 124 valence electrons. The van der Waals surface area contributed by atoms with Crippen LogP contribution in [0.2, 0.25) is 0 Å². The maximum Gasteiger partial charge on any atom is 0.338 e. The second-order valence-electron chi connectivity index (χ2n) is 5.06. The van der Waals surface area contributed by atoms with Gasteiger partial charge in [0.05, 0.1) is 28.3 Å². The Morgan fingerprint density at radius 3 is 2.43 bits per heavy atom. The van der Waals surface area contributed by atoms with Gasteiger partial charge in [0.25, 0.3) is 0 Å². The third-order valence-corrected chi connectivity index (χ3v) is 6.10. The summed E-state index contributed by atoms with van der Waals surface area (Å²) in [5, 5.41) is 0. The second-order valence-corrected chi connectivity index (χ2v) is 8.15. The lowest BCUT2D eigenvalue weighted by Gasteiger charge is -2.11. The third-order valence-electron chi connectivity index (χ3n) is 3.28. The number of benzene rings is 1. The Bertz CT molecular complexity index is 780. The predicted octanol–water partition coefficient (Wildman–Crippen LogP) is 2.10. The molecule has 0 radical (unpaired) electrons. The minimum atomic E-state index is -3.50. The molecule has 0 N–H and O–H groups in total. The SMILES string of the molecule is Cc1ncsc1CCOC(=O)c1ccc(S(=O)(=O)N(C)C)cc1. The van der Waals surface area contributed by atoms with Crippen molar-refractivity contribution in [1.82, 2.24) is 9.29 Å². The van der Waals surface area contributed by atoms with E-state index in [-0.39, 0.29) is 11.5 Å². The summed E-state index contributed by atoms with van der Waals surface area (Å²) >= 11 is 1.53. The summed E-state index contributed by atoms with van der Waals surface area (Å²) in [6.45, 7) is 2.18. The molecule has 0 unspecified atom stereocenters. The monoisotopic (exact) mass is 354 g/mol. The minimum Gasteiger partial charge on any atom is -0.462 e. The van der Waals surface area contributed by atoms with Crippen molar-refractivity contribution in [1.29, 1.82) is 0 Å². The maximum absolute atomic E-state index is 12.0. The topological polar surface area (TPSA) is 76.6 Å². The molecule has 6 nitrogen and oxygen atoms in total. The van der Waals surface area contributed by atoms with Gasteiger partial charge < -0.3 is 4.74 Å². The molecule has 0 atom stereocenters. The Kier molecular flexibility index (Phi) is 5.51. The van der Waals surface area contributed by atoms with Gasteiger partial charge in [-0.3, -0.25) is 0 Å². The van der Waals surface area contributed by atoms with Crippen molar-refractivity contribution < 1.29 is 17.9 Å². The van der Waals surface area contributed by atoms with Crippen LogP contribution < -0.4 is 0 Å². The smallest absolute Gasteiger partial charge is 0.338 e. The number of sulfonamides is 1. The summed E-state index contributed by atoms with van der Waals surface area (Å²) in [6.07, 6.45) is 0.620. The van der Waals surface area contributed by atoms with Crippen LogP contribution in [0.15, 0.2) is 34.7 Å². The van der Waals surface area contributed by atoms with Gasteiger partial charge >= 0.3 is 5.97 Å². The highest BCUT2D eigenvalue weighted by Gasteiger charge is 2.17. The standard InChI is InChI=1S/C15H18N2O4S2/c1-11-14(22-10-16-11)8-9-21-15(18)12-4-6-13(7-5-12)23(19,20)17(2)3/h4-7,10H,8-9H2,1-3H3. The van der Waals surface area contributed by atoms with Gasteiger partial charge in [0, 0.05) is 25.4 Å². The van der Waals surface area contributed by atoms with Crippen LogP contribution in [0.3, 0.4) is 0 Å². The van der Waals surface area contributed by atoms with E-state index in [0.29, 0.717) is 12.0 Å². The largest absolute Gasteiger partial charge is 0.462 e. The van der Waals surface area contributed by atoms with Gasteiger partial charge in [0.1, 0.15) is 0 Å². The van der Waals surface area contributed by atoms with Crippen molar-refractivity contribution in [2.45, 2.75) is 18.2 Å². The first-order valence-electron chi connectivity index (χ1n) is 6.91. The molecule has 8 heteroatoms. The van der Waals surface area contributed by atoms with E-state index in [4.69, 9.17) is 4.74 Å². The molecule has 2 rings (SSSR count). The van der Waals surface area contributed by atoms with Crippen LogP contribution >= 0.6 is 11.3 Å². The summed E-state index contributed by atoms with van der Waals surface area (Å²) in [6, 6.07) is 5.71. The van der Waals surface area contributed by atoms with Crippen LogP contribution in [-0.4, -0.2) is 44.4 Å². The molecule has 23 heavy (non-hydrogen) atoms. The highest BCUT2D eigenvalue weighted by Crippen LogP contribution is 2.15. The van der Waals surface area contributed by atoms with Crippen LogP contribution in [0.25, 0.3) is 0 Å². The van der Waals surface area contributed by atoms with E-state index in [9.17, 15) is 13.2 Å². The fourth-order valence-electron chi connectivity index (χ4n) is 1.86. The fraction of sp³-hybridized carbons (Fsp3) is 0.333. The lowest BCUT2D eigenvalue weighted by Crippen LogP contribution is -2.22. The van der Waals surface area contributed by atoms with E-state index in [1.165, 1.54) is 49.7 Å². The molecule has 1 heterocycles. The number of carbonyl (C=O) groups excluding carboxylic acids is 1. The van der Waals surface area contributed by atoms with Crippen molar-refractivity contribution >= 4 is 27.3 Å². The zero-order valence-electron chi connectivity index (χ0n) is 13.1. The van der Waals surface area contributed by atoms with Crippen molar-refractivity contribution in [2.24, 2.45) is 0 Å². The van der Waals surface area contributed by atoms with E-state index >= 15 is 0 Å². The number of ether oxygens (including phenoxy) is 1. The lowest BCUT2D eigenvalue weighted by molar-refractivity contribution is 0.0509. The molecule has 1 aromatic heterocycles. The van der Waals surface area contributed by atoms with E-state index in [1.807, 2.05) is 6.92 Å². The summed E-state index contributed by atoms with van der Waals surface area (Å²) in [4.78, 5) is 17.3. The van der Waals surface area contributed by atoms with Gasteiger partial charge in [-0.25, -0.2) is 22.5 Å². The highest BCUT2D eigenvalue weighted by atomic mass is 32.2. The van der Waals surface area contributed by atoms with Crippen LogP contribution in [-0.2, 0) is 21.2 Å². The summed E-state index contributed by atoms with van der Waals surface area (Å²) < 4.78 is 30.2. The Morgan fingerprint density at radius 1 is 1.26 bits per heavy atom. The lowest BCUT2D eigenvalue weighted by atomic mass is 10.2. The summed E-state index contributed by atoms with van der Waals surface area (Å²) in [7, 11) is -0.580. The Morgan fingerprint density at radius 2 is 1.91 bits per heavy atom. The number of nitrogens with zero attached hydrogens (tertiary/aromatic N) is 2. The second kappa shape index (κ2) is 7.20. The molecule has 0 aliphatic carbocycles. The Hall–Kier alpha value is -1.77. The van der Waals surface area contributed by atoms with Gasteiger partial charge in [0.15, 0.2) is 0 Å². The first-order chi connectivity index (χ1) is 10.8. The molecular formula is C15H18N2O4S2. The van der Waals surface area contributed by atoms with Gasteiger partial charge in [0.2, 0.25) is 10.0 Å².